The van der Waals surface area contributed by atoms with E-state index in [1.807, 2.05) is 0 Å². The Kier molecular flexibility index (Phi) is 6.53. The van der Waals surface area contributed by atoms with Crippen LogP contribution in [0.1, 0.15) is 39.3 Å². The molecule has 0 aliphatic rings. The van der Waals surface area contributed by atoms with Crippen molar-refractivity contribution in [3.8, 4) is 5.75 Å². The number of hydrogen-bond donors (Lipinski definition) is 2. The van der Waals surface area contributed by atoms with Gasteiger partial charge in [-0.15, -0.1) is 0 Å². The van der Waals surface area contributed by atoms with Crippen LogP contribution in [-0.2, 0) is 14.3 Å². The van der Waals surface area contributed by atoms with E-state index >= 15 is 0 Å². The van der Waals surface area contributed by atoms with Crippen molar-refractivity contribution in [2.75, 3.05) is 6.61 Å². The summed E-state index contributed by atoms with van der Waals surface area (Å²) in [6.45, 7) is 6.74. The number of carbonyl (C=O) groups excluding carboxylic acids is 2. The van der Waals surface area contributed by atoms with Gasteiger partial charge in [0.05, 0.1) is 6.10 Å². The summed E-state index contributed by atoms with van der Waals surface area (Å²) in [4.78, 5) is 23.3. The van der Waals surface area contributed by atoms with Gasteiger partial charge in [-0.1, -0.05) is 12.1 Å². The van der Waals surface area contributed by atoms with E-state index in [0.717, 1.165) is 0 Å². The molecular weight excluding hydrogens is 302 g/mol. The minimum Gasteiger partial charge on any atom is -0.491 e. The lowest BCUT2D eigenvalue weighted by Crippen LogP contribution is -2.30. The molecule has 128 valence electrons. The van der Waals surface area contributed by atoms with Gasteiger partial charge in [-0.2, -0.15) is 0 Å². The lowest BCUT2D eigenvalue weighted by atomic mass is 10.1. The summed E-state index contributed by atoms with van der Waals surface area (Å²) in [5, 5.41) is 9.14. The SMILES string of the molecule is C[C@@H](O)COc1ccc(C(N)C(=O)OC(=O)OC(C)(C)C)cc1. The fourth-order valence-electron chi connectivity index (χ4n) is 1.54. The smallest absolute Gasteiger partial charge is 0.491 e. The van der Waals surface area contributed by atoms with E-state index in [4.69, 9.17) is 20.3 Å². The molecule has 1 unspecified atom stereocenters. The quantitative estimate of drug-likeness (QED) is 0.629. The summed E-state index contributed by atoms with van der Waals surface area (Å²) in [6, 6.07) is 5.27. The molecule has 0 saturated carbocycles. The van der Waals surface area contributed by atoms with Gasteiger partial charge in [-0.05, 0) is 45.4 Å². The maximum atomic E-state index is 11.8. The molecule has 2 atom stereocenters. The molecule has 0 fully saturated rings. The van der Waals surface area contributed by atoms with E-state index in [1.165, 1.54) is 0 Å². The molecule has 7 nitrogen and oxygen atoms in total. The van der Waals surface area contributed by atoms with Gasteiger partial charge in [-0.3, -0.25) is 0 Å². The molecule has 1 aromatic carbocycles. The standard InChI is InChI=1S/C16H23NO6/c1-10(18)9-21-12-7-5-11(6-8-12)13(17)14(19)22-15(20)23-16(2,3)4/h5-8,10,13,18H,9,17H2,1-4H3/t10-,13?/m1/s1. The van der Waals surface area contributed by atoms with E-state index in [9.17, 15) is 9.59 Å². The van der Waals surface area contributed by atoms with E-state index in [1.54, 1.807) is 52.0 Å². The van der Waals surface area contributed by atoms with Gasteiger partial charge in [0, 0.05) is 0 Å². The maximum absolute atomic E-state index is 11.8. The van der Waals surface area contributed by atoms with Gasteiger partial charge in [0.1, 0.15) is 24.0 Å². The Morgan fingerprint density at radius 1 is 1.22 bits per heavy atom. The van der Waals surface area contributed by atoms with Crippen molar-refractivity contribution in [1.82, 2.24) is 0 Å². The molecule has 1 rings (SSSR count). The summed E-state index contributed by atoms with van der Waals surface area (Å²) in [5.74, 6) is -0.376. The Morgan fingerprint density at radius 3 is 2.26 bits per heavy atom. The van der Waals surface area contributed by atoms with Crippen LogP contribution < -0.4 is 10.5 Å². The normalized spacial score (nSPS) is 13.8. The molecule has 0 bridgehead atoms. The van der Waals surface area contributed by atoms with E-state index in [2.05, 4.69) is 4.74 Å². The number of esters is 1. The number of ether oxygens (including phenoxy) is 3. The summed E-state index contributed by atoms with van der Waals surface area (Å²) < 4.78 is 14.7. The number of aliphatic hydroxyl groups is 1. The zero-order valence-electron chi connectivity index (χ0n) is 13.7. The van der Waals surface area contributed by atoms with E-state index in [0.29, 0.717) is 11.3 Å². The Hall–Kier alpha value is -2.12. The molecule has 0 aliphatic carbocycles. The van der Waals surface area contributed by atoms with Crippen molar-refractivity contribution < 1.29 is 28.9 Å². The van der Waals surface area contributed by atoms with Gasteiger partial charge in [0.25, 0.3) is 0 Å². The number of carbonyl (C=O) groups is 2. The second kappa shape index (κ2) is 7.94. The van der Waals surface area contributed by atoms with Crippen LogP contribution in [0.4, 0.5) is 4.79 Å². The number of aliphatic hydroxyl groups excluding tert-OH is 1. The Labute approximate surface area is 135 Å². The Bertz CT molecular complexity index is 532. The molecule has 0 aliphatic heterocycles. The van der Waals surface area contributed by atoms with Crippen molar-refractivity contribution in [2.24, 2.45) is 5.73 Å². The van der Waals surface area contributed by atoms with E-state index < -0.39 is 29.9 Å². The molecule has 0 amide bonds. The number of hydrogen-bond acceptors (Lipinski definition) is 7. The van der Waals surface area contributed by atoms with Crippen LogP contribution in [0, 0.1) is 0 Å². The van der Waals surface area contributed by atoms with Crippen molar-refractivity contribution in [1.29, 1.82) is 0 Å². The van der Waals surface area contributed by atoms with Crippen LogP contribution in [-0.4, -0.2) is 35.5 Å². The second-order valence-corrected chi connectivity index (χ2v) is 6.09. The number of nitrogens with two attached hydrogens (primary N) is 1. The highest BCUT2D eigenvalue weighted by molar-refractivity contribution is 5.86. The zero-order chi connectivity index (χ0) is 17.6. The second-order valence-electron chi connectivity index (χ2n) is 6.09. The number of rotatable bonds is 5. The average Bonchev–Trinajstić information content (AvgIpc) is 2.42. The third-order valence-electron chi connectivity index (χ3n) is 2.56. The van der Waals surface area contributed by atoms with Crippen LogP contribution in [0.5, 0.6) is 5.75 Å². The van der Waals surface area contributed by atoms with Gasteiger partial charge in [0.2, 0.25) is 0 Å². The lowest BCUT2D eigenvalue weighted by molar-refractivity contribution is -0.143. The summed E-state index contributed by atoms with van der Waals surface area (Å²) >= 11 is 0. The third-order valence-corrected chi connectivity index (χ3v) is 2.56. The highest BCUT2D eigenvalue weighted by Gasteiger charge is 2.24. The Balaban J connectivity index is 2.61. The topological polar surface area (TPSA) is 108 Å². The molecule has 0 heterocycles. The highest BCUT2D eigenvalue weighted by Crippen LogP contribution is 2.18. The molecule has 1 aromatic rings. The van der Waals surface area contributed by atoms with Gasteiger partial charge in [-0.25, -0.2) is 9.59 Å². The predicted octanol–water partition coefficient (Wildman–Crippen LogP) is 1.92. The summed E-state index contributed by atoms with van der Waals surface area (Å²) in [5.41, 5.74) is 5.46. The molecule has 0 aromatic heterocycles. The van der Waals surface area contributed by atoms with Crippen molar-refractivity contribution in [3.63, 3.8) is 0 Å². The van der Waals surface area contributed by atoms with Crippen molar-refractivity contribution >= 4 is 12.1 Å². The van der Waals surface area contributed by atoms with Crippen LogP contribution in [0.3, 0.4) is 0 Å². The molecule has 0 saturated heterocycles. The minimum absolute atomic E-state index is 0.159. The highest BCUT2D eigenvalue weighted by atomic mass is 16.7. The first-order valence-corrected chi connectivity index (χ1v) is 7.19. The molecule has 0 radical (unpaired) electrons. The summed E-state index contributed by atoms with van der Waals surface area (Å²) in [7, 11) is 0. The molecular formula is C16H23NO6. The first-order valence-electron chi connectivity index (χ1n) is 7.19. The van der Waals surface area contributed by atoms with Gasteiger partial charge >= 0.3 is 12.1 Å². The van der Waals surface area contributed by atoms with E-state index in [-0.39, 0.29) is 6.61 Å². The van der Waals surface area contributed by atoms with Gasteiger partial charge in [0.15, 0.2) is 0 Å². The number of benzene rings is 1. The molecule has 23 heavy (non-hydrogen) atoms. The molecule has 3 N–H and O–H groups in total. The molecule has 0 spiro atoms. The maximum Gasteiger partial charge on any atom is 0.516 e. The monoisotopic (exact) mass is 325 g/mol. The third kappa shape index (κ3) is 7.12. The molecule has 7 heteroatoms. The van der Waals surface area contributed by atoms with Crippen LogP contribution in [0.25, 0.3) is 0 Å². The van der Waals surface area contributed by atoms with Gasteiger partial charge < -0.3 is 25.1 Å². The zero-order valence-corrected chi connectivity index (χ0v) is 13.7. The average molecular weight is 325 g/mol. The fraction of sp³-hybridized carbons (Fsp3) is 0.500. The first-order chi connectivity index (χ1) is 10.6. The van der Waals surface area contributed by atoms with Crippen molar-refractivity contribution in [3.05, 3.63) is 29.8 Å². The minimum atomic E-state index is -1.12. The largest absolute Gasteiger partial charge is 0.516 e. The lowest BCUT2D eigenvalue weighted by Gasteiger charge is -2.19. The predicted molar refractivity (Wildman–Crippen MR) is 82.9 cm³/mol. The Morgan fingerprint density at radius 2 is 1.78 bits per heavy atom. The van der Waals surface area contributed by atoms with Crippen LogP contribution >= 0.6 is 0 Å². The van der Waals surface area contributed by atoms with Crippen LogP contribution in [0.2, 0.25) is 0 Å². The van der Waals surface area contributed by atoms with Crippen molar-refractivity contribution in [2.45, 2.75) is 45.4 Å². The summed E-state index contributed by atoms with van der Waals surface area (Å²) in [6.07, 6.45) is -1.67. The van der Waals surface area contributed by atoms with Crippen LogP contribution in [0.15, 0.2) is 24.3 Å². The fourth-order valence-corrected chi connectivity index (χ4v) is 1.54. The first kappa shape index (κ1) is 18.9.